The first kappa shape index (κ1) is 10.7. The molecule has 0 aliphatic carbocycles. The van der Waals surface area contributed by atoms with Crippen molar-refractivity contribution in [2.24, 2.45) is 0 Å². The van der Waals surface area contributed by atoms with Crippen molar-refractivity contribution in [1.82, 2.24) is 9.55 Å². The minimum atomic E-state index is -0.0276. The molecule has 1 aliphatic rings. The highest BCUT2D eigenvalue weighted by molar-refractivity contribution is 14.2. The van der Waals surface area contributed by atoms with Gasteiger partial charge in [-0.05, 0) is 33.2 Å². The molecule has 0 unspecified atom stereocenters. The number of nitrogens with zero attached hydrogens (tertiary/aromatic N) is 2. The Kier molecular flexibility index (Phi) is 2.58. The largest absolute Gasteiger partial charge is 0.506 e. The third-order valence-electron chi connectivity index (χ3n) is 2.69. The molecule has 0 bridgehead atoms. The van der Waals surface area contributed by atoms with Gasteiger partial charge in [-0.2, -0.15) is 0 Å². The maximum Gasteiger partial charge on any atom is 0.139 e. The molecule has 0 saturated heterocycles. The maximum atomic E-state index is 9.94. The standard InChI is InChI=1S/C13H11IN2O/c1-9-15-10-6-7-14-8-12(10)16(9)11-4-2-3-5-13(11)17/h2-8,17H,1H3. The zero-order valence-corrected chi connectivity index (χ0v) is 11.4. The third-order valence-corrected chi connectivity index (χ3v) is 4.42. The lowest BCUT2D eigenvalue weighted by Gasteiger charge is -2.10. The van der Waals surface area contributed by atoms with E-state index < -0.39 is 0 Å². The number of fused-ring (bicyclic) bond motifs is 1. The van der Waals surface area contributed by atoms with Crippen molar-refractivity contribution in [3.05, 3.63) is 45.6 Å². The number of phenols is 1. The average molecular weight is 338 g/mol. The highest BCUT2D eigenvalue weighted by Crippen LogP contribution is 2.28. The first-order valence-electron chi connectivity index (χ1n) is 5.27. The van der Waals surface area contributed by atoms with Gasteiger partial charge in [-0.15, -0.1) is 0 Å². The molecule has 0 radical (unpaired) electrons. The second-order valence-corrected chi connectivity index (χ2v) is 5.84. The van der Waals surface area contributed by atoms with Crippen molar-refractivity contribution < 1.29 is 5.11 Å². The summed E-state index contributed by atoms with van der Waals surface area (Å²) in [4.78, 5) is 4.52. The van der Waals surface area contributed by atoms with Crippen LogP contribution in [-0.2, 0) is 0 Å². The van der Waals surface area contributed by atoms with Crippen molar-refractivity contribution in [2.45, 2.75) is 6.92 Å². The lowest BCUT2D eigenvalue weighted by molar-refractivity contribution is 0.472. The summed E-state index contributed by atoms with van der Waals surface area (Å²) in [5.41, 5.74) is 2.91. The van der Waals surface area contributed by atoms with E-state index in [9.17, 15) is 5.11 Å². The first-order valence-corrected chi connectivity index (χ1v) is 7.76. The number of hydrogen-bond donors (Lipinski definition) is 1. The average Bonchev–Trinajstić information content (AvgIpc) is 2.66. The van der Waals surface area contributed by atoms with Crippen LogP contribution in [0.25, 0.3) is 11.8 Å². The molecule has 2 aromatic rings. The van der Waals surface area contributed by atoms with Crippen LogP contribution in [0.5, 0.6) is 5.75 Å². The summed E-state index contributed by atoms with van der Waals surface area (Å²) in [6.07, 6.45) is 2.08. The summed E-state index contributed by atoms with van der Waals surface area (Å²) >= 11 is -0.0276. The minimum Gasteiger partial charge on any atom is -0.506 e. The second-order valence-electron chi connectivity index (χ2n) is 3.78. The Morgan fingerprint density at radius 3 is 2.94 bits per heavy atom. The Morgan fingerprint density at radius 2 is 2.12 bits per heavy atom. The highest BCUT2D eigenvalue weighted by Gasteiger charge is 2.15. The second kappa shape index (κ2) is 4.10. The molecule has 0 saturated carbocycles. The molecule has 1 aliphatic heterocycles. The Hall–Kier alpha value is -1.43. The van der Waals surface area contributed by atoms with Gasteiger partial charge < -0.3 is 5.11 Å². The number of halogens is 1. The molecule has 0 fully saturated rings. The van der Waals surface area contributed by atoms with Crippen LogP contribution in [0.2, 0.25) is 0 Å². The third kappa shape index (κ3) is 1.72. The first-order chi connectivity index (χ1) is 8.27. The van der Waals surface area contributed by atoms with Crippen molar-refractivity contribution in [3.63, 3.8) is 0 Å². The number of aromatic hydroxyl groups is 1. The monoisotopic (exact) mass is 338 g/mol. The summed E-state index contributed by atoms with van der Waals surface area (Å²) in [6.45, 7) is 1.96. The number of aryl methyl sites for hydroxylation is 1. The van der Waals surface area contributed by atoms with Gasteiger partial charge in [0.1, 0.15) is 11.6 Å². The SMILES string of the molecule is Cc1nc2c(n1-c1ccccc1O)C=IC=C2. The van der Waals surface area contributed by atoms with Crippen molar-refractivity contribution in [1.29, 1.82) is 0 Å². The fourth-order valence-electron chi connectivity index (χ4n) is 1.95. The van der Waals surface area contributed by atoms with Crippen LogP contribution < -0.4 is 0 Å². The topological polar surface area (TPSA) is 38.0 Å². The molecule has 3 nitrogen and oxygen atoms in total. The fraction of sp³-hybridized carbons (Fsp3) is 0.0769. The highest BCUT2D eigenvalue weighted by atomic mass is 127. The van der Waals surface area contributed by atoms with E-state index in [0.717, 1.165) is 22.9 Å². The van der Waals surface area contributed by atoms with Gasteiger partial charge in [0.05, 0.1) is 17.1 Å². The van der Waals surface area contributed by atoms with E-state index in [1.54, 1.807) is 6.07 Å². The van der Waals surface area contributed by atoms with Crippen LogP contribution in [0.4, 0.5) is 0 Å². The zero-order chi connectivity index (χ0) is 11.8. The van der Waals surface area contributed by atoms with E-state index in [1.807, 2.05) is 29.7 Å². The Labute approximate surface area is 109 Å². The van der Waals surface area contributed by atoms with Crippen LogP contribution in [0, 0.1) is 6.92 Å². The number of phenolic OH excluding ortho intramolecular Hbond substituents is 1. The maximum absolute atomic E-state index is 9.94. The molecule has 1 aromatic carbocycles. The number of imidazole rings is 1. The van der Waals surface area contributed by atoms with Crippen molar-refractivity contribution in [2.75, 3.05) is 0 Å². The van der Waals surface area contributed by atoms with Crippen molar-refractivity contribution in [3.8, 4) is 11.4 Å². The summed E-state index contributed by atoms with van der Waals surface area (Å²) in [6, 6.07) is 7.37. The van der Waals surface area contributed by atoms with Crippen molar-refractivity contribution >= 4 is 30.8 Å². The predicted octanol–water partition coefficient (Wildman–Crippen LogP) is 2.99. The van der Waals surface area contributed by atoms with E-state index >= 15 is 0 Å². The summed E-state index contributed by atoms with van der Waals surface area (Å²) < 4.78 is 6.46. The van der Waals surface area contributed by atoms with Crippen LogP contribution in [-0.4, -0.2) is 18.7 Å². The van der Waals surface area contributed by atoms with Crippen LogP contribution >= 0.6 is 20.7 Å². The lowest BCUT2D eigenvalue weighted by atomic mass is 10.2. The Morgan fingerprint density at radius 1 is 1.29 bits per heavy atom. The smallest absolute Gasteiger partial charge is 0.139 e. The van der Waals surface area contributed by atoms with Gasteiger partial charge in [-0.25, -0.2) is 4.98 Å². The summed E-state index contributed by atoms with van der Waals surface area (Å²) in [5, 5.41) is 9.94. The summed E-state index contributed by atoms with van der Waals surface area (Å²) in [7, 11) is 0. The lowest BCUT2D eigenvalue weighted by Crippen LogP contribution is -2.02. The number of para-hydroxylation sites is 2. The Bertz CT molecular complexity index is 641. The quantitative estimate of drug-likeness (QED) is 0.812. The van der Waals surface area contributed by atoms with Gasteiger partial charge in [0.25, 0.3) is 0 Å². The summed E-state index contributed by atoms with van der Waals surface area (Å²) in [5.74, 6) is 1.19. The molecule has 0 spiro atoms. The van der Waals surface area contributed by atoms with Crippen LogP contribution in [0.3, 0.4) is 0 Å². The zero-order valence-electron chi connectivity index (χ0n) is 9.26. The van der Waals surface area contributed by atoms with E-state index in [4.69, 9.17) is 0 Å². The van der Waals surface area contributed by atoms with Gasteiger partial charge in [0.15, 0.2) is 0 Å². The molecule has 1 aromatic heterocycles. The van der Waals surface area contributed by atoms with Gasteiger partial charge in [0.2, 0.25) is 0 Å². The molecule has 0 amide bonds. The van der Waals surface area contributed by atoms with E-state index in [0.29, 0.717) is 0 Å². The molecular formula is C13H11IN2O. The Balaban J connectivity index is 2.29. The predicted molar refractivity (Wildman–Crippen MR) is 78.2 cm³/mol. The van der Waals surface area contributed by atoms with Gasteiger partial charge in [0, 0.05) is 0 Å². The van der Waals surface area contributed by atoms with Gasteiger partial charge >= 0.3 is 0 Å². The molecule has 2 heterocycles. The van der Waals surface area contributed by atoms with Crippen LogP contribution in [0.15, 0.2) is 28.3 Å². The number of rotatable bonds is 1. The molecule has 86 valence electrons. The molecule has 1 N–H and O–H groups in total. The minimum absolute atomic E-state index is 0.0276. The molecule has 17 heavy (non-hydrogen) atoms. The molecular weight excluding hydrogens is 327 g/mol. The molecule has 3 rings (SSSR count). The van der Waals surface area contributed by atoms with Crippen LogP contribution in [0.1, 0.15) is 17.2 Å². The molecule has 4 heteroatoms. The fourth-order valence-corrected chi connectivity index (χ4v) is 3.64. The number of hydrogen-bond acceptors (Lipinski definition) is 2. The molecule has 0 atom stereocenters. The number of benzene rings is 1. The van der Waals surface area contributed by atoms with Gasteiger partial charge in [-0.1, -0.05) is 32.9 Å². The van der Waals surface area contributed by atoms with Gasteiger partial charge in [-0.3, -0.25) is 4.57 Å². The number of aromatic nitrogens is 2. The van der Waals surface area contributed by atoms with E-state index in [2.05, 4.69) is 19.2 Å². The van der Waals surface area contributed by atoms with E-state index in [-0.39, 0.29) is 26.5 Å². The van der Waals surface area contributed by atoms with E-state index in [1.165, 1.54) is 0 Å². The normalized spacial score (nSPS) is 13.2.